The lowest BCUT2D eigenvalue weighted by atomic mass is 10.00. The SMILES string of the molecule is COC1C(C(=O)[O-])OCC(OS(=O)(=O)[O-])C1O. The van der Waals surface area contributed by atoms with Gasteiger partial charge in [0.2, 0.25) is 10.4 Å². The van der Waals surface area contributed by atoms with Crippen molar-refractivity contribution in [2.24, 2.45) is 0 Å². The maximum Gasteiger partial charge on any atom is 0.218 e. The van der Waals surface area contributed by atoms with E-state index in [1.54, 1.807) is 0 Å². The number of hydrogen-bond acceptors (Lipinski definition) is 9. The molecular formula is C7H10O9S-2. The third-order valence-electron chi connectivity index (χ3n) is 2.20. The predicted octanol–water partition coefficient (Wildman–Crippen LogP) is -3.64. The van der Waals surface area contributed by atoms with E-state index in [9.17, 15) is 28.0 Å². The molecule has 1 saturated heterocycles. The zero-order valence-electron chi connectivity index (χ0n) is 8.64. The summed E-state index contributed by atoms with van der Waals surface area (Å²) in [5, 5.41) is 20.2. The summed E-state index contributed by atoms with van der Waals surface area (Å²) in [5.41, 5.74) is 0. The molecule has 0 aromatic carbocycles. The second-order valence-electron chi connectivity index (χ2n) is 3.31. The van der Waals surface area contributed by atoms with Crippen LogP contribution >= 0.6 is 0 Å². The fourth-order valence-corrected chi connectivity index (χ4v) is 1.96. The summed E-state index contributed by atoms with van der Waals surface area (Å²) in [5.74, 6) is -1.63. The van der Waals surface area contributed by atoms with Gasteiger partial charge >= 0.3 is 0 Å². The molecule has 1 heterocycles. The highest BCUT2D eigenvalue weighted by molar-refractivity contribution is 7.80. The Bertz CT molecular complexity index is 377. The van der Waals surface area contributed by atoms with E-state index in [2.05, 4.69) is 8.92 Å². The van der Waals surface area contributed by atoms with Crippen LogP contribution in [0.1, 0.15) is 0 Å². The van der Waals surface area contributed by atoms with Crippen LogP contribution in [0.4, 0.5) is 0 Å². The molecule has 1 aliphatic rings. The van der Waals surface area contributed by atoms with Crippen LogP contribution in [0.2, 0.25) is 0 Å². The molecule has 0 aromatic heterocycles. The Balaban J connectivity index is 2.80. The number of hydrogen-bond donors (Lipinski definition) is 1. The van der Waals surface area contributed by atoms with Gasteiger partial charge in [0, 0.05) is 7.11 Å². The minimum absolute atomic E-state index is 0.582. The molecule has 100 valence electrons. The van der Waals surface area contributed by atoms with Crippen molar-refractivity contribution in [1.29, 1.82) is 0 Å². The molecule has 0 radical (unpaired) electrons. The molecule has 17 heavy (non-hydrogen) atoms. The summed E-state index contributed by atoms with van der Waals surface area (Å²) >= 11 is 0. The number of aliphatic hydroxyl groups excluding tert-OH is 1. The molecule has 0 aliphatic carbocycles. The Kier molecular flexibility index (Phi) is 4.41. The van der Waals surface area contributed by atoms with Crippen molar-refractivity contribution >= 4 is 16.4 Å². The first-order valence-electron chi connectivity index (χ1n) is 4.43. The normalized spacial score (nSPS) is 34.5. The minimum Gasteiger partial charge on any atom is -0.726 e. The lowest BCUT2D eigenvalue weighted by Crippen LogP contribution is -2.60. The molecule has 0 bridgehead atoms. The van der Waals surface area contributed by atoms with Crippen LogP contribution in [-0.4, -0.2) is 62.2 Å². The first kappa shape index (κ1) is 14.3. The van der Waals surface area contributed by atoms with E-state index >= 15 is 0 Å². The van der Waals surface area contributed by atoms with Gasteiger partial charge in [0.1, 0.15) is 24.4 Å². The number of carbonyl (C=O) groups is 1. The molecule has 0 saturated carbocycles. The van der Waals surface area contributed by atoms with Crippen molar-refractivity contribution in [2.75, 3.05) is 13.7 Å². The van der Waals surface area contributed by atoms with Gasteiger partial charge in [-0.1, -0.05) is 0 Å². The largest absolute Gasteiger partial charge is 0.726 e. The second kappa shape index (κ2) is 5.25. The number of carboxylic acids is 1. The molecule has 1 aliphatic heterocycles. The van der Waals surface area contributed by atoms with E-state index in [-0.39, 0.29) is 0 Å². The summed E-state index contributed by atoms with van der Waals surface area (Å²) in [6, 6.07) is 0. The average molecular weight is 270 g/mol. The molecule has 1 rings (SSSR count). The van der Waals surface area contributed by atoms with Crippen LogP contribution in [-0.2, 0) is 28.9 Å². The molecule has 1 fully saturated rings. The highest BCUT2D eigenvalue weighted by atomic mass is 32.3. The molecule has 4 atom stereocenters. The highest BCUT2D eigenvalue weighted by Gasteiger charge is 2.42. The van der Waals surface area contributed by atoms with Gasteiger partial charge < -0.3 is 29.0 Å². The maximum absolute atomic E-state index is 10.6. The predicted molar refractivity (Wildman–Crippen MR) is 46.1 cm³/mol. The van der Waals surface area contributed by atoms with E-state index in [0.717, 1.165) is 7.11 Å². The van der Waals surface area contributed by atoms with Gasteiger partial charge in [-0.3, -0.25) is 4.18 Å². The zero-order chi connectivity index (χ0) is 13.2. The monoisotopic (exact) mass is 270 g/mol. The highest BCUT2D eigenvalue weighted by Crippen LogP contribution is 2.21. The van der Waals surface area contributed by atoms with Gasteiger partial charge in [0.25, 0.3) is 0 Å². The second-order valence-corrected chi connectivity index (χ2v) is 4.32. The van der Waals surface area contributed by atoms with Crippen LogP contribution in [0, 0.1) is 0 Å². The number of carboxylic acid groups (broad SMARTS) is 1. The van der Waals surface area contributed by atoms with E-state index in [1.807, 2.05) is 0 Å². The van der Waals surface area contributed by atoms with Crippen LogP contribution in [0.3, 0.4) is 0 Å². The first-order chi connectivity index (χ1) is 7.76. The van der Waals surface area contributed by atoms with E-state index in [4.69, 9.17) is 4.74 Å². The molecule has 4 unspecified atom stereocenters. The lowest BCUT2D eigenvalue weighted by molar-refractivity contribution is -0.328. The van der Waals surface area contributed by atoms with E-state index < -0.39 is 47.4 Å². The van der Waals surface area contributed by atoms with Crippen molar-refractivity contribution < 1.29 is 41.6 Å². The fourth-order valence-electron chi connectivity index (χ4n) is 1.48. The van der Waals surface area contributed by atoms with Crippen LogP contribution < -0.4 is 5.11 Å². The van der Waals surface area contributed by atoms with Crippen LogP contribution in [0.25, 0.3) is 0 Å². The standard InChI is InChI=1S/C7H12O9S/c1-14-5-4(8)3(16-17(11,12)13)2-15-6(5)7(9)10/h3-6,8H,2H2,1H3,(H,9,10)(H,11,12,13)/p-2. The Labute approximate surface area is 96.9 Å². The van der Waals surface area contributed by atoms with Gasteiger partial charge in [0.15, 0.2) is 0 Å². The maximum atomic E-state index is 10.6. The van der Waals surface area contributed by atoms with E-state index in [1.165, 1.54) is 0 Å². The third kappa shape index (κ3) is 3.59. The number of aliphatic carboxylic acids is 1. The minimum atomic E-state index is -5.03. The van der Waals surface area contributed by atoms with Gasteiger partial charge in [-0.05, 0) is 0 Å². The number of methoxy groups -OCH3 is 1. The number of aliphatic hydroxyl groups is 1. The van der Waals surface area contributed by atoms with Gasteiger partial charge in [-0.25, -0.2) is 8.42 Å². The molecule has 1 N–H and O–H groups in total. The quantitative estimate of drug-likeness (QED) is 0.403. The smallest absolute Gasteiger partial charge is 0.218 e. The first-order valence-corrected chi connectivity index (χ1v) is 5.77. The molecule has 0 amide bonds. The summed E-state index contributed by atoms with van der Waals surface area (Å²) in [7, 11) is -3.95. The number of rotatable bonds is 4. The Morgan fingerprint density at radius 1 is 1.53 bits per heavy atom. The van der Waals surface area contributed by atoms with Gasteiger partial charge in [-0.2, -0.15) is 0 Å². The number of ether oxygens (including phenoxy) is 2. The summed E-state index contributed by atoms with van der Waals surface area (Å²) in [6.07, 6.45) is -6.11. The van der Waals surface area contributed by atoms with Crippen molar-refractivity contribution in [1.82, 2.24) is 0 Å². The third-order valence-corrected chi connectivity index (χ3v) is 2.68. The van der Waals surface area contributed by atoms with Crippen LogP contribution in [0.15, 0.2) is 0 Å². The van der Waals surface area contributed by atoms with Crippen molar-refractivity contribution in [2.45, 2.75) is 24.4 Å². The zero-order valence-corrected chi connectivity index (χ0v) is 9.45. The Morgan fingerprint density at radius 3 is 2.53 bits per heavy atom. The molecule has 9 nitrogen and oxygen atoms in total. The molecular weight excluding hydrogens is 260 g/mol. The molecule has 10 heteroatoms. The average Bonchev–Trinajstić information content (AvgIpc) is 2.18. The van der Waals surface area contributed by atoms with Crippen molar-refractivity contribution in [3.8, 4) is 0 Å². The van der Waals surface area contributed by atoms with Crippen LogP contribution in [0.5, 0.6) is 0 Å². The number of carbonyl (C=O) groups excluding carboxylic acids is 1. The Morgan fingerprint density at radius 2 is 2.12 bits per heavy atom. The fraction of sp³-hybridized carbons (Fsp3) is 0.857. The topological polar surface area (TPSA) is 145 Å². The van der Waals surface area contributed by atoms with Gasteiger partial charge in [0.05, 0.1) is 12.6 Å². The van der Waals surface area contributed by atoms with Gasteiger partial charge in [-0.15, -0.1) is 0 Å². The van der Waals surface area contributed by atoms with E-state index in [0.29, 0.717) is 0 Å². The molecule has 0 spiro atoms. The summed E-state index contributed by atoms with van der Waals surface area (Å²) in [6.45, 7) is -0.582. The molecule has 0 aromatic rings. The summed E-state index contributed by atoms with van der Waals surface area (Å²) < 4.78 is 44.4. The summed E-state index contributed by atoms with van der Waals surface area (Å²) in [4.78, 5) is 10.6. The Hall–Kier alpha value is -0.780. The van der Waals surface area contributed by atoms with Crippen molar-refractivity contribution in [3.05, 3.63) is 0 Å². The van der Waals surface area contributed by atoms with Crippen molar-refractivity contribution in [3.63, 3.8) is 0 Å². The lowest BCUT2D eigenvalue weighted by Gasteiger charge is -2.39.